The molecule has 0 amide bonds. The van der Waals surface area contributed by atoms with E-state index in [2.05, 4.69) is 62.2 Å². The summed E-state index contributed by atoms with van der Waals surface area (Å²) in [7, 11) is 2.05. The highest BCUT2D eigenvalue weighted by Crippen LogP contribution is 2.32. The van der Waals surface area contributed by atoms with Gasteiger partial charge in [0.05, 0.1) is 6.10 Å². The first kappa shape index (κ1) is 15.7. The summed E-state index contributed by atoms with van der Waals surface area (Å²) in [5.41, 5.74) is 1.36. The largest absolute Gasteiger partial charge is 0.491 e. The van der Waals surface area contributed by atoms with Gasteiger partial charge in [-0.25, -0.2) is 0 Å². The van der Waals surface area contributed by atoms with Crippen LogP contribution in [0.1, 0.15) is 51.1 Å². The average molecular weight is 293 g/mol. The van der Waals surface area contributed by atoms with E-state index in [1.807, 2.05) is 0 Å². The molecule has 0 spiro atoms. The van der Waals surface area contributed by atoms with Crippen molar-refractivity contribution in [2.75, 3.05) is 12.8 Å². The molecule has 3 heteroatoms. The van der Waals surface area contributed by atoms with Crippen LogP contribution >= 0.6 is 11.8 Å². The Hall–Kier alpha value is -0.670. The topological polar surface area (TPSA) is 21.3 Å². The van der Waals surface area contributed by atoms with Crippen molar-refractivity contribution in [1.29, 1.82) is 0 Å². The first-order chi connectivity index (χ1) is 9.69. The first-order valence-corrected chi connectivity index (χ1v) is 8.79. The van der Waals surface area contributed by atoms with Crippen LogP contribution in [0.15, 0.2) is 24.3 Å². The van der Waals surface area contributed by atoms with Gasteiger partial charge in [-0.05, 0) is 51.4 Å². The van der Waals surface area contributed by atoms with E-state index in [1.54, 1.807) is 0 Å². The van der Waals surface area contributed by atoms with Gasteiger partial charge < -0.3 is 10.1 Å². The highest BCUT2D eigenvalue weighted by atomic mass is 32.2. The Morgan fingerprint density at radius 2 is 1.85 bits per heavy atom. The second-order valence-corrected chi connectivity index (χ2v) is 7.15. The molecule has 0 heterocycles. The van der Waals surface area contributed by atoms with Crippen LogP contribution in [-0.2, 0) is 0 Å². The summed E-state index contributed by atoms with van der Waals surface area (Å²) in [5, 5.41) is 4.32. The zero-order valence-electron chi connectivity index (χ0n) is 12.9. The number of thioether (sulfide) groups is 1. The lowest BCUT2D eigenvalue weighted by Crippen LogP contribution is -2.19. The highest BCUT2D eigenvalue weighted by Gasteiger charge is 2.18. The van der Waals surface area contributed by atoms with E-state index in [0.717, 1.165) is 16.8 Å². The molecular weight excluding hydrogens is 266 g/mol. The van der Waals surface area contributed by atoms with Gasteiger partial charge in [-0.1, -0.05) is 25.0 Å². The summed E-state index contributed by atoms with van der Waals surface area (Å²) in [6.07, 6.45) is 5.88. The van der Waals surface area contributed by atoms with Crippen LogP contribution in [-0.4, -0.2) is 24.2 Å². The lowest BCUT2D eigenvalue weighted by atomic mass is 10.1. The van der Waals surface area contributed by atoms with Crippen LogP contribution in [0.5, 0.6) is 5.75 Å². The Morgan fingerprint density at radius 1 is 1.20 bits per heavy atom. The maximum absolute atomic E-state index is 5.70. The molecule has 1 saturated carbocycles. The summed E-state index contributed by atoms with van der Waals surface area (Å²) in [6.45, 7) is 4.12. The van der Waals surface area contributed by atoms with Gasteiger partial charge >= 0.3 is 0 Å². The molecule has 2 rings (SSSR count). The van der Waals surface area contributed by atoms with E-state index < -0.39 is 0 Å². The third kappa shape index (κ3) is 4.71. The Balaban J connectivity index is 1.89. The van der Waals surface area contributed by atoms with Gasteiger partial charge in [-0.15, -0.1) is 0 Å². The van der Waals surface area contributed by atoms with Crippen molar-refractivity contribution in [3.05, 3.63) is 29.8 Å². The van der Waals surface area contributed by atoms with Crippen LogP contribution in [0.25, 0.3) is 0 Å². The zero-order valence-corrected chi connectivity index (χ0v) is 13.7. The molecule has 1 aliphatic rings. The standard InChI is InChI=1S/C17H27NOS/c1-13(2)19-15-10-8-14(9-11-15)17(18-3)12-20-16-6-4-5-7-16/h8-11,13,16-18H,4-7,12H2,1-3H3. The van der Waals surface area contributed by atoms with Crippen molar-refractivity contribution in [2.45, 2.75) is 56.9 Å². The van der Waals surface area contributed by atoms with E-state index in [9.17, 15) is 0 Å². The summed E-state index contributed by atoms with van der Waals surface area (Å²) < 4.78 is 5.70. The van der Waals surface area contributed by atoms with Crippen molar-refractivity contribution in [3.63, 3.8) is 0 Å². The van der Waals surface area contributed by atoms with E-state index in [1.165, 1.54) is 31.2 Å². The third-order valence-corrected chi connectivity index (χ3v) is 5.27. The van der Waals surface area contributed by atoms with E-state index in [-0.39, 0.29) is 6.10 Å². The molecule has 20 heavy (non-hydrogen) atoms. The average Bonchev–Trinajstić information content (AvgIpc) is 2.94. The first-order valence-electron chi connectivity index (χ1n) is 7.74. The van der Waals surface area contributed by atoms with Crippen molar-refractivity contribution in [2.24, 2.45) is 0 Å². The van der Waals surface area contributed by atoms with Crippen LogP contribution in [0, 0.1) is 0 Å². The molecule has 0 saturated heterocycles. The van der Waals surface area contributed by atoms with Crippen molar-refractivity contribution in [3.8, 4) is 5.75 Å². The molecule has 1 aromatic carbocycles. The predicted octanol–water partition coefficient (Wildman–Crippen LogP) is 4.41. The molecule has 0 radical (unpaired) electrons. The Bertz CT molecular complexity index is 384. The van der Waals surface area contributed by atoms with Crippen molar-refractivity contribution >= 4 is 11.8 Å². The van der Waals surface area contributed by atoms with Gasteiger partial charge in [0, 0.05) is 17.0 Å². The second kappa shape index (κ2) is 7.94. The van der Waals surface area contributed by atoms with E-state index >= 15 is 0 Å². The smallest absolute Gasteiger partial charge is 0.119 e. The normalized spacial score (nSPS) is 17.6. The van der Waals surface area contributed by atoms with Crippen LogP contribution in [0.2, 0.25) is 0 Å². The molecule has 1 aliphatic carbocycles. The van der Waals surface area contributed by atoms with Crippen LogP contribution in [0.4, 0.5) is 0 Å². The number of nitrogens with one attached hydrogen (secondary N) is 1. The van der Waals surface area contributed by atoms with Gasteiger partial charge in [0.15, 0.2) is 0 Å². The molecule has 0 bridgehead atoms. The SMILES string of the molecule is CNC(CSC1CCCC1)c1ccc(OC(C)C)cc1. The number of rotatable bonds is 7. The predicted molar refractivity (Wildman–Crippen MR) is 88.7 cm³/mol. The molecule has 1 unspecified atom stereocenters. The minimum absolute atomic E-state index is 0.235. The van der Waals surface area contributed by atoms with Gasteiger partial charge in [-0.3, -0.25) is 0 Å². The van der Waals surface area contributed by atoms with Gasteiger partial charge in [0.1, 0.15) is 5.75 Å². The van der Waals surface area contributed by atoms with Gasteiger partial charge in [-0.2, -0.15) is 11.8 Å². The monoisotopic (exact) mass is 293 g/mol. The summed E-state index contributed by atoms with van der Waals surface area (Å²) in [4.78, 5) is 0. The molecule has 1 N–H and O–H groups in total. The number of ether oxygens (including phenoxy) is 1. The fourth-order valence-electron chi connectivity index (χ4n) is 2.68. The minimum Gasteiger partial charge on any atom is -0.491 e. The number of benzene rings is 1. The lowest BCUT2D eigenvalue weighted by Gasteiger charge is -2.19. The van der Waals surface area contributed by atoms with Gasteiger partial charge in [0.25, 0.3) is 0 Å². The Morgan fingerprint density at radius 3 is 2.40 bits per heavy atom. The van der Waals surface area contributed by atoms with Crippen molar-refractivity contribution in [1.82, 2.24) is 5.32 Å². The molecule has 1 fully saturated rings. The third-order valence-electron chi connectivity index (χ3n) is 3.80. The van der Waals surface area contributed by atoms with Gasteiger partial charge in [0.2, 0.25) is 0 Å². The number of hydrogen-bond donors (Lipinski definition) is 1. The number of hydrogen-bond acceptors (Lipinski definition) is 3. The van der Waals surface area contributed by atoms with Crippen LogP contribution in [0.3, 0.4) is 0 Å². The summed E-state index contributed by atoms with van der Waals surface area (Å²) >= 11 is 2.13. The molecule has 1 aromatic rings. The lowest BCUT2D eigenvalue weighted by molar-refractivity contribution is 0.242. The Kier molecular flexibility index (Phi) is 6.24. The molecule has 0 aliphatic heterocycles. The summed E-state index contributed by atoms with van der Waals surface area (Å²) in [5.74, 6) is 2.12. The molecule has 1 atom stereocenters. The fourth-order valence-corrected chi connectivity index (χ4v) is 4.17. The molecule has 112 valence electrons. The Labute approximate surface area is 127 Å². The molecule has 0 aromatic heterocycles. The zero-order chi connectivity index (χ0) is 14.4. The van der Waals surface area contributed by atoms with E-state index in [0.29, 0.717) is 6.04 Å². The maximum Gasteiger partial charge on any atom is 0.119 e. The minimum atomic E-state index is 0.235. The van der Waals surface area contributed by atoms with Crippen molar-refractivity contribution < 1.29 is 4.74 Å². The highest BCUT2D eigenvalue weighted by molar-refractivity contribution is 7.99. The maximum atomic E-state index is 5.70. The second-order valence-electron chi connectivity index (χ2n) is 5.82. The summed E-state index contributed by atoms with van der Waals surface area (Å²) in [6, 6.07) is 8.98. The van der Waals surface area contributed by atoms with E-state index in [4.69, 9.17) is 4.74 Å². The molecular formula is C17H27NOS. The quantitative estimate of drug-likeness (QED) is 0.804. The van der Waals surface area contributed by atoms with Crippen LogP contribution < -0.4 is 10.1 Å². The molecule has 2 nitrogen and oxygen atoms in total. The fraction of sp³-hybridized carbons (Fsp3) is 0.647.